The van der Waals surface area contributed by atoms with Crippen LogP contribution in [0.1, 0.15) is 45.1 Å². The molecule has 0 bridgehead atoms. The molecule has 1 fully saturated rings. The molecule has 1 aromatic carbocycles. The lowest BCUT2D eigenvalue weighted by molar-refractivity contribution is -0.130. The van der Waals surface area contributed by atoms with Gasteiger partial charge in [-0.1, -0.05) is 36.8 Å². The van der Waals surface area contributed by atoms with Gasteiger partial charge in [-0.05, 0) is 45.3 Å². The molecule has 0 atom stereocenters. The van der Waals surface area contributed by atoms with Crippen molar-refractivity contribution in [3.63, 3.8) is 0 Å². The van der Waals surface area contributed by atoms with Gasteiger partial charge in [0.25, 0.3) is 0 Å². The third-order valence-electron chi connectivity index (χ3n) is 5.44. The molecule has 0 unspecified atom stereocenters. The number of nitrogens with zero attached hydrogens (tertiary/aromatic N) is 3. The number of benzene rings is 1. The van der Waals surface area contributed by atoms with E-state index >= 15 is 0 Å². The van der Waals surface area contributed by atoms with Crippen LogP contribution < -0.4 is 10.6 Å². The summed E-state index contributed by atoms with van der Waals surface area (Å²) in [6.07, 6.45) is 4.36. The molecule has 0 radical (unpaired) electrons. The number of carbonyl (C=O) groups excluding carboxylic acids is 1. The SMILES string of the molecule is CN=C(NCCC(=O)N(C)Cc1ccccc1)NCC(C)(C)N1CCCCC1. The van der Waals surface area contributed by atoms with Gasteiger partial charge in [-0.2, -0.15) is 0 Å². The van der Waals surface area contributed by atoms with E-state index in [0.717, 1.165) is 18.1 Å². The Labute approximate surface area is 170 Å². The molecule has 1 aliphatic rings. The molecule has 156 valence electrons. The molecule has 0 spiro atoms. The minimum absolute atomic E-state index is 0.0871. The highest BCUT2D eigenvalue weighted by Crippen LogP contribution is 2.19. The number of rotatable bonds is 8. The van der Waals surface area contributed by atoms with E-state index in [1.54, 1.807) is 11.9 Å². The van der Waals surface area contributed by atoms with Gasteiger partial charge in [-0.15, -0.1) is 0 Å². The number of nitrogens with one attached hydrogen (secondary N) is 2. The first-order valence-corrected chi connectivity index (χ1v) is 10.4. The summed E-state index contributed by atoms with van der Waals surface area (Å²) >= 11 is 0. The van der Waals surface area contributed by atoms with Crippen molar-refractivity contribution >= 4 is 11.9 Å². The maximum atomic E-state index is 12.4. The molecule has 1 amide bonds. The highest BCUT2D eigenvalue weighted by molar-refractivity contribution is 5.81. The van der Waals surface area contributed by atoms with Crippen LogP contribution >= 0.6 is 0 Å². The van der Waals surface area contributed by atoms with Gasteiger partial charge in [-0.25, -0.2) is 0 Å². The van der Waals surface area contributed by atoms with Crippen LogP contribution in [0.2, 0.25) is 0 Å². The largest absolute Gasteiger partial charge is 0.356 e. The number of likely N-dealkylation sites (tertiary alicyclic amines) is 1. The van der Waals surface area contributed by atoms with Crippen LogP contribution in [0.15, 0.2) is 35.3 Å². The predicted molar refractivity (Wildman–Crippen MR) is 116 cm³/mol. The molecule has 1 aromatic rings. The van der Waals surface area contributed by atoms with Crippen molar-refractivity contribution in [1.82, 2.24) is 20.4 Å². The topological polar surface area (TPSA) is 60.0 Å². The Bertz CT molecular complexity index is 623. The summed E-state index contributed by atoms with van der Waals surface area (Å²) in [6, 6.07) is 10.1. The standard InChI is InChI=1S/C22H37N5O/c1-22(2,27-15-9-6-10-16-27)18-25-21(23-3)24-14-13-20(28)26(4)17-19-11-7-5-8-12-19/h5,7-8,11-12H,6,9-10,13-18H2,1-4H3,(H2,23,24,25). The first-order chi connectivity index (χ1) is 13.4. The lowest BCUT2D eigenvalue weighted by Crippen LogP contribution is -2.55. The lowest BCUT2D eigenvalue weighted by Gasteiger charge is -2.41. The number of piperidine rings is 1. The van der Waals surface area contributed by atoms with Gasteiger partial charge in [0, 0.05) is 45.7 Å². The third-order valence-corrected chi connectivity index (χ3v) is 5.44. The van der Waals surface area contributed by atoms with Crippen LogP contribution in [-0.4, -0.2) is 67.5 Å². The monoisotopic (exact) mass is 387 g/mol. The second-order valence-electron chi connectivity index (χ2n) is 8.20. The average molecular weight is 388 g/mol. The van der Waals surface area contributed by atoms with Gasteiger partial charge in [0.05, 0.1) is 0 Å². The zero-order chi connectivity index (χ0) is 20.4. The Morgan fingerprint density at radius 1 is 1.14 bits per heavy atom. The fourth-order valence-electron chi connectivity index (χ4n) is 3.56. The highest BCUT2D eigenvalue weighted by Gasteiger charge is 2.27. The van der Waals surface area contributed by atoms with Crippen LogP contribution in [0.25, 0.3) is 0 Å². The van der Waals surface area contributed by atoms with Gasteiger partial charge in [0.2, 0.25) is 5.91 Å². The Balaban J connectivity index is 1.70. The Kier molecular flexibility index (Phi) is 8.77. The minimum Gasteiger partial charge on any atom is -0.356 e. The molecule has 1 saturated heterocycles. The van der Waals surface area contributed by atoms with Crippen molar-refractivity contribution < 1.29 is 4.79 Å². The van der Waals surface area contributed by atoms with E-state index < -0.39 is 0 Å². The quantitative estimate of drug-likeness (QED) is 0.531. The smallest absolute Gasteiger partial charge is 0.224 e. The summed E-state index contributed by atoms with van der Waals surface area (Å²) in [5, 5.41) is 6.69. The van der Waals surface area contributed by atoms with Crippen molar-refractivity contribution in [3.05, 3.63) is 35.9 Å². The fourth-order valence-corrected chi connectivity index (χ4v) is 3.56. The van der Waals surface area contributed by atoms with Gasteiger partial charge in [-0.3, -0.25) is 14.7 Å². The van der Waals surface area contributed by atoms with E-state index in [1.807, 2.05) is 37.4 Å². The number of aliphatic imine (C=N–C) groups is 1. The summed E-state index contributed by atoms with van der Waals surface area (Å²) in [5.41, 5.74) is 1.23. The second-order valence-corrected chi connectivity index (χ2v) is 8.20. The molecule has 28 heavy (non-hydrogen) atoms. The highest BCUT2D eigenvalue weighted by atomic mass is 16.2. The molecule has 1 heterocycles. The van der Waals surface area contributed by atoms with Crippen LogP contribution in [0.3, 0.4) is 0 Å². The molecule has 6 heteroatoms. The van der Waals surface area contributed by atoms with E-state index in [9.17, 15) is 4.79 Å². The molecule has 0 saturated carbocycles. The summed E-state index contributed by atoms with van der Waals surface area (Å²) < 4.78 is 0. The maximum Gasteiger partial charge on any atom is 0.224 e. The van der Waals surface area contributed by atoms with Crippen LogP contribution in [-0.2, 0) is 11.3 Å². The maximum absolute atomic E-state index is 12.4. The van der Waals surface area contributed by atoms with E-state index in [0.29, 0.717) is 19.5 Å². The predicted octanol–water partition coefficient (Wildman–Crippen LogP) is 2.46. The fraction of sp³-hybridized carbons (Fsp3) is 0.636. The second kappa shape index (κ2) is 11.1. The van der Waals surface area contributed by atoms with Gasteiger partial charge in [0.1, 0.15) is 0 Å². The van der Waals surface area contributed by atoms with Crippen LogP contribution in [0.4, 0.5) is 0 Å². The van der Waals surface area contributed by atoms with Crippen LogP contribution in [0.5, 0.6) is 0 Å². The number of amides is 1. The molecular weight excluding hydrogens is 350 g/mol. The summed E-state index contributed by atoms with van der Waals surface area (Å²) in [4.78, 5) is 21.0. The van der Waals surface area contributed by atoms with E-state index in [4.69, 9.17) is 0 Å². The molecule has 0 aliphatic carbocycles. The first-order valence-electron chi connectivity index (χ1n) is 10.4. The Morgan fingerprint density at radius 3 is 2.46 bits per heavy atom. The van der Waals surface area contributed by atoms with Gasteiger partial charge < -0.3 is 15.5 Å². The molecular formula is C22H37N5O. The molecule has 2 rings (SSSR count). The van der Waals surface area contributed by atoms with E-state index in [2.05, 4.69) is 34.4 Å². The van der Waals surface area contributed by atoms with E-state index in [1.165, 1.54) is 32.4 Å². The summed E-state index contributed by atoms with van der Waals surface area (Å²) in [6.45, 7) is 8.93. The first kappa shape index (κ1) is 22.2. The van der Waals surface area contributed by atoms with E-state index in [-0.39, 0.29) is 11.4 Å². The molecule has 2 N–H and O–H groups in total. The van der Waals surface area contributed by atoms with Crippen molar-refractivity contribution in [2.75, 3.05) is 40.3 Å². The zero-order valence-electron chi connectivity index (χ0n) is 18.0. The van der Waals surface area contributed by atoms with Crippen molar-refractivity contribution in [2.45, 2.75) is 51.6 Å². The molecule has 0 aromatic heterocycles. The van der Waals surface area contributed by atoms with Crippen molar-refractivity contribution in [2.24, 2.45) is 4.99 Å². The number of guanidine groups is 1. The molecule has 6 nitrogen and oxygen atoms in total. The summed E-state index contributed by atoms with van der Waals surface area (Å²) in [5.74, 6) is 0.879. The number of carbonyl (C=O) groups is 1. The van der Waals surface area contributed by atoms with Crippen molar-refractivity contribution in [1.29, 1.82) is 0 Å². The normalized spacial score (nSPS) is 15.9. The molecule has 1 aliphatic heterocycles. The number of hydrogen-bond donors (Lipinski definition) is 2. The van der Waals surface area contributed by atoms with Crippen molar-refractivity contribution in [3.8, 4) is 0 Å². The van der Waals surface area contributed by atoms with Gasteiger partial charge in [0.15, 0.2) is 5.96 Å². The third kappa shape index (κ3) is 7.15. The van der Waals surface area contributed by atoms with Gasteiger partial charge >= 0.3 is 0 Å². The Morgan fingerprint density at radius 2 is 1.82 bits per heavy atom. The average Bonchev–Trinajstić information content (AvgIpc) is 2.71. The lowest BCUT2D eigenvalue weighted by atomic mass is 9.98. The minimum atomic E-state index is 0.0871. The van der Waals surface area contributed by atoms with Crippen LogP contribution in [0, 0.1) is 0 Å². The Hall–Kier alpha value is -2.08. The summed E-state index contributed by atoms with van der Waals surface area (Å²) in [7, 11) is 3.62. The number of hydrogen-bond acceptors (Lipinski definition) is 3. The zero-order valence-corrected chi connectivity index (χ0v) is 18.0.